The van der Waals surface area contributed by atoms with Crippen molar-refractivity contribution in [1.29, 1.82) is 0 Å². The molecular formula is C29H42O3. The van der Waals surface area contributed by atoms with E-state index in [0.29, 0.717) is 23.2 Å². The Kier molecular flexibility index (Phi) is 8.79. The Balaban J connectivity index is 1.44. The highest BCUT2D eigenvalue weighted by molar-refractivity contribution is 5.30. The number of rotatable bonds is 9. The molecule has 0 spiro atoms. The Hall–Kier alpha value is -1.84. The van der Waals surface area contributed by atoms with Crippen LogP contribution in [0.1, 0.15) is 96.6 Å². The fourth-order valence-electron chi connectivity index (χ4n) is 4.78. The van der Waals surface area contributed by atoms with Crippen LogP contribution in [0.15, 0.2) is 54.6 Å². The van der Waals surface area contributed by atoms with Gasteiger partial charge in [0.1, 0.15) is 5.75 Å². The Bertz CT molecular complexity index is 783. The molecule has 0 aromatic heterocycles. The normalized spacial score (nSPS) is 21.3. The molecule has 0 N–H and O–H groups in total. The standard InChI is InChI=1S/C29H42O3/c1-21(2)28(20-29(4,5)6)25-14-16-26(17-15-25)30-22(3)31-32-27-18-12-24(13-19-27)23-10-8-7-9-11-23/h7-11,14-17,21-22,24,27-28H,12-13,18-20H2,1-6H3. The summed E-state index contributed by atoms with van der Waals surface area (Å²) in [6.45, 7) is 13.4. The van der Waals surface area contributed by atoms with Crippen LogP contribution in [0, 0.1) is 11.3 Å². The molecule has 3 nitrogen and oxygen atoms in total. The number of ether oxygens (including phenoxy) is 1. The van der Waals surface area contributed by atoms with Gasteiger partial charge < -0.3 is 4.74 Å². The van der Waals surface area contributed by atoms with Gasteiger partial charge in [-0.2, -0.15) is 4.89 Å². The third-order valence-electron chi connectivity index (χ3n) is 6.52. The summed E-state index contributed by atoms with van der Waals surface area (Å²) in [7, 11) is 0. The molecule has 1 fully saturated rings. The summed E-state index contributed by atoms with van der Waals surface area (Å²) in [4.78, 5) is 11.3. The van der Waals surface area contributed by atoms with E-state index < -0.39 is 6.29 Å². The molecule has 0 bridgehead atoms. The van der Waals surface area contributed by atoms with Gasteiger partial charge in [-0.3, -0.25) is 0 Å². The van der Waals surface area contributed by atoms with Gasteiger partial charge in [0.15, 0.2) is 0 Å². The van der Waals surface area contributed by atoms with Crippen molar-refractivity contribution in [3.8, 4) is 5.75 Å². The number of benzene rings is 2. The fraction of sp³-hybridized carbons (Fsp3) is 0.586. The maximum absolute atomic E-state index is 5.94. The zero-order valence-electron chi connectivity index (χ0n) is 20.8. The summed E-state index contributed by atoms with van der Waals surface area (Å²) in [6, 6.07) is 19.3. The second-order valence-electron chi connectivity index (χ2n) is 10.9. The van der Waals surface area contributed by atoms with E-state index in [9.17, 15) is 0 Å². The molecule has 2 aromatic carbocycles. The lowest BCUT2D eigenvalue weighted by atomic mass is 9.76. The molecule has 0 heterocycles. The van der Waals surface area contributed by atoms with Crippen LogP contribution in [0.3, 0.4) is 0 Å². The lowest BCUT2D eigenvalue weighted by Crippen LogP contribution is -2.25. The monoisotopic (exact) mass is 438 g/mol. The van der Waals surface area contributed by atoms with Gasteiger partial charge in [0.2, 0.25) is 6.29 Å². The highest BCUT2D eigenvalue weighted by atomic mass is 17.2. The van der Waals surface area contributed by atoms with E-state index in [1.165, 1.54) is 17.5 Å². The Morgan fingerprint density at radius 2 is 1.47 bits per heavy atom. The molecule has 32 heavy (non-hydrogen) atoms. The van der Waals surface area contributed by atoms with Crippen LogP contribution in [-0.2, 0) is 9.78 Å². The maximum atomic E-state index is 5.94. The molecule has 2 atom stereocenters. The number of hydrogen-bond acceptors (Lipinski definition) is 3. The quantitative estimate of drug-likeness (QED) is 0.224. The van der Waals surface area contributed by atoms with Crippen LogP contribution in [0.5, 0.6) is 5.75 Å². The van der Waals surface area contributed by atoms with E-state index in [4.69, 9.17) is 14.5 Å². The molecule has 3 heteroatoms. The van der Waals surface area contributed by atoms with E-state index >= 15 is 0 Å². The Labute approximate surface area is 195 Å². The SMILES string of the molecule is CC(OOC1CCC(c2ccccc2)CC1)Oc1ccc(C(CC(C)(C)C)C(C)C)cc1. The highest BCUT2D eigenvalue weighted by Crippen LogP contribution is 2.37. The van der Waals surface area contributed by atoms with E-state index in [1.807, 2.05) is 6.92 Å². The van der Waals surface area contributed by atoms with Crippen molar-refractivity contribution in [3.05, 3.63) is 65.7 Å². The predicted molar refractivity (Wildman–Crippen MR) is 132 cm³/mol. The minimum atomic E-state index is -0.442. The molecule has 1 aliphatic carbocycles. The molecule has 0 amide bonds. The van der Waals surface area contributed by atoms with E-state index in [0.717, 1.165) is 31.4 Å². The van der Waals surface area contributed by atoms with Crippen molar-refractivity contribution >= 4 is 0 Å². The molecular weight excluding hydrogens is 396 g/mol. The third-order valence-corrected chi connectivity index (χ3v) is 6.52. The lowest BCUT2D eigenvalue weighted by Gasteiger charge is -2.29. The first-order valence-electron chi connectivity index (χ1n) is 12.3. The molecule has 2 unspecified atom stereocenters. The van der Waals surface area contributed by atoms with Crippen LogP contribution < -0.4 is 4.74 Å². The van der Waals surface area contributed by atoms with Crippen molar-refractivity contribution in [2.75, 3.05) is 0 Å². The third kappa shape index (κ3) is 7.64. The first kappa shape index (κ1) is 24.8. The summed E-state index contributed by atoms with van der Waals surface area (Å²) in [5.74, 6) is 2.60. The van der Waals surface area contributed by atoms with Crippen LogP contribution in [0.25, 0.3) is 0 Å². The summed E-state index contributed by atoms with van der Waals surface area (Å²) < 4.78 is 5.94. The minimum Gasteiger partial charge on any atom is -0.462 e. The van der Waals surface area contributed by atoms with Crippen LogP contribution in [0.4, 0.5) is 0 Å². The van der Waals surface area contributed by atoms with Gasteiger partial charge in [-0.25, -0.2) is 4.89 Å². The predicted octanol–water partition coefficient (Wildman–Crippen LogP) is 8.26. The molecule has 0 aliphatic heterocycles. The van der Waals surface area contributed by atoms with Crippen LogP contribution in [-0.4, -0.2) is 12.4 Å². The first-order valence-corrected chi connectivity index (χ1v) is 12.3. The van der Waals surface area contributed by atoms with Crippen molar-refractivity contribution in [2.45, 2.75) is 97.9 Å². The summed E-state index contributed by atoms with van der Waals surface area (Å²) in [6.07, 6.45) is 5.19. The molecule has 1 saturated carbocycles. The molecule has 1 aliphatic rings. The first-order chi connectivity index (χ1) is 15.2. The smallest absolute Gasteiger partial charge is 0.228 e. The van der Waals surface area contributed by atoms with Crippen LogP contribution >= 0.6 is 0 Å². The van der Waals surface area contributed by atoms with E-state index in [-0.39, 0.29) is 6.10 Å². The minimum absolute atomic E-state index is 0.146. The van der Waals surface area contributed by atoms with E-state index in [2.05, 4.69) is 89.2 Å². The Morgan fingerprint density at radius 3 is 2.03 bits per heavy atom. The highest BCUT2D eigenvalue weighted by Gasteiger charge is 2.25. The number of hydrogen-bond donors (Lipinski definition) is 0. The zero-order chi connectivity index (χ0) is 23.1. The lowest BCUT2D eigenvalue weighted by molar-refractivity contribution is -0.383. The van der Waals surface area contributed by atoms with Gasteiger partial charge >= 0.3 is 0 Å². The van der Waals surface area contributed by atoms with Crippen molar-refractivity contribution < 1.29 is 14.5 Å². The van der Waals surface area contributed by atoms with Crippen molar-refractivity contribution in [3.63, 3.8) is 0 Å². The van der Waals surface area contributed by atoms with E-state index in [1.54, 1.807) is 0 Å². The van der Waals surface area contributed by atoms with Crippen molar-refractivity contribution in [1.82, 2.24) is 0 Å². The van der Waals surface area contributed by atoms with Crippen molar-refractivity contribution in [2.24, 2.45) is 11.3 Å². The van der Waals surface area contributed by atoms with Gasteiger partial charge in [0.05, 0.1) is 6.10 Å². The maximum Gasteiger partial charge on any atom is 0.228 e. The zero-order valence-corrected chi connectivity index (χ0v) is 20.8. The average Bonchev–Trinajstić information content (AvgIpc) is 2.77. The average molecular weight is 439 g/mol. The molecule has 3 rings (SSSR count). The van der Waals surface area contributed by atoms with Gasteiger partial charge in [0.25, 0.3) is 0 Å². The summed E-state index contributed by atoms with van der Waals surface area (Å²) in [5.41, 5.74) is 3.13. The fourth-order valence-corrected chi connectivity index (χ4v) is 4.78. The van der Waals surface area contributed by atoms with Gasteiger partial charge in [-0.15, -0.1) is 0 Å². The summed E-state index contributed by atoms with van der Waals surface area (Å²) in [5, 5.41) is 0. The van der Waals surface area contributed by atoms with Gasteiger partial charge in [-0.1, -0.05) is 77.1 Å². The second-order valence-corrected chi connectivity index (χ2v) is 10.9. The summed E-state index contributed by atoms with van der Waals surface area (Å²) >= 11 is 0. The van der Waals surface area contributed by atoms with Gasteiger partial charge in [0, 0.05) is 6.92 Å². The van der Waals surface area contributed by atoms with Crippen LogP contribution in [0.2, 0.25) is 0 Å². The Morgan fingerprint density at radius 1 is 0.844 bits per heavy atom. The topological polar surface area (TPSA) is 27.7 Å². The molecule has 0 radical (unpaired) electrons. The molecule has 176 valence electrons. The van der Waals surface area contributed by atoms with Gasteiger partial charge in [-0.05, 0) is 78.5 Å². The largest absolute Gasteiger partial charge is 0.462 e. The molecule has 0 saturated heterocycles. The molecule has 2 aromatic rings. The second kappa shape index (κ2) is 11.3.